The van der Waals surface area contributed by atoms with E-state index in [1.165, 1.54) is 13.1 Å². The zero-order valence-electron chi connectivity index (χ0n) is 8.49. The molecule has 0 aliphatic carbocycles. The van der Waals surface area contributed by atoms with E-state index in [9.17, 15) is 13.2 Å². The van der Waals surface area contributed by atoms with Gasteiger partial charge in [-0.1, -0.05) is 0 Å². The van der Waals surface area contributed by atoms with Gasteiger partial charge in [-0.3, -0.25) is 4.79 Å². The summed E-state index contributed by atoms with van der Waals surface area (Å²) in [4.78, 5) is 11.6. The Labute approximate surface area is 103 Å². The summed E-state index contributed by atoms with van der Waals surface area (Å²) in [5.41, 5.74) is 0. The molecule has 1 aromatic rings. The van der Waals surface area contributed by atoms with E-state index < -0.39 is 10.0 Å². The molecule has 1 heterocycles. The lowest BCUT2D eigenvalue weighted by Crippen LogP contribution is -2.23. The van der Waals surface area contributed by atoms with Crippen LogP contribution in [0.3, 0.4) is 0 Å². The Kier molecular flexibility index (Phi) is 4.72. The fourth-order valence-corrected chi connectivity index (χ4v) is 3.16. The Morgan fingerprint density at radius 2 is 2.19 bits per heavy atom. The van der Waals surface area contributed by atoms with E-state index in [0.29, 0.717) is 0 Å². The minimum atomic E-state index is -3.39. The Bertz CT molecular complexity index is 469. The lowest BCUT2D eigenvalue weighted by molar-refractivity contribution is -0.118. The Balaban J connectivity index is 2.69. The number of nitrogens with one attached hydrogen (secondary N) is 2. The van der Waals surface area contributed by atoms with Crippen molar-refractivity contribution in [2.45, 2.75) is 10.8 Å². The predicted molar refractivity (Wildman–Crippen MR) is 63.1 cm³/mol. The number of halogens is 1. The molecule has 0 aliphatic rings. The fourth-order valence-electron chi connectivity index (χ4n) is 0.931. The molecule has 0 aromatic carbocycles. The van der Waals surface area contributed by atoms with E-state index >= 15 is 0 Å². The number of amides is 1. The van der Waals surface area contributed by atoms with Crippen LogP contribution in [0.25, 0.3) is 0 Å². The maximum atomic E-state index is 11.4. The van der Waals surface area contributed by atoms with Gasteiger partial charge in [-0.15, -0.1) is 22.9 Å². The van der Waals surface area contributed by atoms with Gasteiger partial charge in [-0.2, -0.15) is 0 Å². The van der Waals surface area contributed by atoms with Crippen LogP contribution in [0.2, 0.25) is 0 Å². The monoisotopic (exact) mass is 282 g/mol. The van der Waals surface area contributed by atoms with E-state index in [1.54, 1.807) is 6.07 Å². The number of alkyl halides is 1. The second-order valence-corrected chi connectivity index (χ2v) is 6.39. The highest BCUT2D eigenvalue weighted by Gasteiger charge is 2.14. The molecule has 1 amide bonds. The van der Waals surface area contributed by atoms with Gasteiger partial charge in [-0.25, -0.2) is 13.1 Å². The molecule has 0 bridgehead atoms. The van der Waals surface area contributed by atoms with E-state index in [1.807, 2.05) is 0 Å². The molecule has 5 nitrogen and oxygen atoms in total. The number of sulfonamides is 1. The number of hydrogen-bond donors (Lipinski definition) is 2. The number of carbonyl (C=O) groups excluding carboxylic acids is 1. The Morgan fingerprint density at radius 3 is 2.75 bits per heavy atom. The first-order chi connectivity index (χ1) is 7.49. The fraction of sp³-hybridized carbons (Fsp3) is 0.375. The summed E-state index contributed by atoms with van der Waals surface area (Å²) in [5.74, 6) is -0.388. The molecule has 0 unspecified atom stereocenters. The third-order valence-electron chi connectivity index (χ3n) is 1.75. The maximum Gasteiger partial charge on any atom is 0.249 e. The van der Waals surface area contributed by atoms with Crippen LogP contribution in [0, 0.1) is 0 Å². The van der Waals surface area contributed by atoms with Crippen LogP contribution in [-0.2, 0) is 21.4 Å². The zero-order chi connectivity index (χ0) is 12.2. The highest BCUT2D eigenvalue weighted by molar-refractivity contribution is 7.91. The zero-order valence-corrected chi connectivity index (χ0v) is 10.9. The lowest BCUT2D eigenvalue weighted by Gasteiger charge is -1.99. The summed E-state index contributed by atoms with van der Waals surface area (Å²) in [6, 6.07) is 3.15. The number of carbonyl (C=O) groups is 1. The summed E-state index contributed by atoms with van der Waals surface area (Å²) in [5, 5.41) is 2.56. The van der Waals surface area contributed by atoms with Crippen LogP contribution in [0.15, 0.2) is 16.3 Å². The SMILES string of the molecule is CNS(=O)(=O)c1ccc(CNC(=O)CCl)s1. The van der Waals surface area contributed by atoms with E-state index in [-0.39, 0.29) is 22.5 Å². The molecule has 1 aromatic heterocycles. The molecule has 0 aliphatic heterocycles. The van der Waals surface area contributed by atoms with Gasteiger partial charge in [0.15, 0.2) is 0 Å². The first-order valence-electron chi connectivity index (χ1n) is 4.34. The van der Waals surface area contributed by atoms with Crippen LogP contribution >= 0.6 is 22.9 Å². The quantitative estimate of drug-likeness (QED) is 0.773. The summed E-state index contributed by atoms with van der Waals surface area (Å²) in [7, 11) is -2.04. The van der Waals surface area contributed by atoms with Gasteiger partial charge in [0.2, 0.25) is 15.9 Å². The van der Waals surface area contributed by atoms with Crippen molar-refractivity contribution in [3.05, 3.63) is 17.0 Å². The molecule has 0 fully saturated rings. The third-order valence-corrected chi connectivity index (χ3v) is 4.99. The maximum absolute atomic E-state index is 11.4. The number of hydrogen-bond acceptors (Lipinski definition) is 4. The normalized spacial score (nSPS) is 11.4. The highest BCUT2D eigenvalue weighted by atomic mass is 35.5. The molecule has 8 heteroatoms. The van der Waals surface area contributed by atoms with Crippen molar-refractivity contribution in [1.82, 2.24) is 10.0 Å². The second-order valence-electron chi connectivity index (χ2n) is 2.84. The topological polar surface area (TPSA) is 75.3 Å². The van der Waals surface area contributed by atoms with Crippen molar-refractivity contribution in [3.63, 3.8) is 0 Å². The number of rotatable bonds is 5. The molecular formula is C8H11ClN2O3S2. The number of thiophene rings is 1. The van der Waals surface area contributed by atoms with Crippen molar-refractivity contribution in [3.8, 4) is 0 Å². The van der Waals surface area contributed by atoms with Gasteiger partial charge < -0.3 is 5.32 Å². The molecule has 0 saturated heterocycles. The first-order valence-corrected chi connectivity index (χ1v) is 7.18. The van der Waals surface area contributed by atoms with Crippen LogP contribution in [-0.4, -0.2) is 27.3 Å². The van der Waals surface area contributed by atoms with Crippen molar-refractivity contribution < 1.29 is 13.2 Å². The minimum Gasteiger partial charge on any atom is -0.350 e. The van der Waals surface area contributed by atoms with Crippen molar-refractivity contribution in [2.24, 2.45) is 0 Å². The average molecular weight is 283 g/mol. The minimum absolute atomic E-state index is 0.104. The molecule has 0 saturated carbocycles. The van der Waals surface area contributed by atoms with Crippen molar-refractivity contribution >= 4 is 38.9 Å². The molecule has 0 atom stereocenters. The van der Waals surface area contributed by atoms with Crippen LogP contribution in [0.5, 0.6) is 0 Å². The van der Waals surface area contributed by atoms with Crippen LogP contribution in [0.1, 0.15) is 4.88 Å². The molecule has 16 heavy (non-hydrogen) atoms. The predicted octanol–water partition coefficient (Wildman–Crippen LogP) is 0.511. The lowest BCUT2D eigenvalue weighted by atomic mass is 10.4. The molecule has 0 spiro atoms. The molecule has 90 valence electrons. The van der Waals surface area contributed by atoms with E-state index in [2.05, 4.69) is 10.0 Å². The van der Waals surface area contributed by atoms with E-state index in [0.717, 1.165) is 16.2 Å². The van der Waals surface area contributed by atoms with Gasteiger partial charge >= 0.3 is 0 Å². The second kappa shape index (κ2) is 5.62. The standard InChI is InChI=1S/C8H11ClN2O3S2/c1-10-16(13,14)8-3-2-6(15-8)5-11-7(12)4-9/h2-3,10H,4-5H2,1H3,(H,11,12). The van der Waals surface area contributed by atoms with Crippen LogP contribution < -0.4 is 10.0 Å². The van der Waals surface area contributed by atoms with Crippen LogP contribution in [0.4, 0.5) is 0 Å². The van der Waals surface area contributed by atoms with Gasteiger partial charge in [0, 0.05) is 4.88 Å². The molecule has 1 rings (SSSR count). The third kappa shape index (κ3) is 3.44. The summed E-state index contributed by atoms with van der Waals surface area (Å²) < 4.78 is 25.2. The first kappa shape index (κ1) is 13.4. The molecule has 0 radical (unpaired) electrons. The van der Waals surface area contributed by atoms with Crippen molar-refractivity contribution in [2.75, 3.05) is 12.9 Å². The van der Waals surface area contributed by atoms with E-state index in [4.69, 9.17) is 11.6 Å². The summed E-state index contributed by atoms with van der Waals surface area (Å²) >= 11 is 6.41. The Hall–Kier alpha value is -0.630. The molecule has 2 N–H and O–H groups in total. The summed E-state index contributed by atoms with van der Waals surface area (Å²) in [6.07, 6.45) is 0. The van der Waals surface area contributed by atoms with Gasteiger partial charge in [0.05, 0.1) is 6.54 Å². The highest BCUT2D eigenvalue weighted by Crippen LogP contribution is 2.20. The van der Waals surface area contributed by atoms with Crippen molar-refractivity contribution in [1.29, 1.82) is 0 Å². The average Bonchev–Trinajstić information content (AvgIpc) is 2.75. The van der Waals surface area contributed by atoms with Gasteiger partial charge in [0.25, 0.3) is 0 Å². The molecular weight excluding hydrogens is 272 g/mol. The van der Waals surface area contributed by atoms with Gasteiger partial charge in [0.1, 0.15) is 10.1 Å². The summed E-state index contributed by atoms with van der Waals surface area (Å²) in [6.45, 7) is 0.287. The Morgan fingerprint density at radius 1 is 1.50 bits per heavy atom. The smallest absolute Gasteiger partial charge is 0.249 e. The van der Waals surface area contributed by atoms with Gasteiger partial charge in [-0.05, 0) is 19.2 Å². The largest absolute Gasteiger partial charge is 0.350 e.